The largest absolute Gasteiger partial charge is 0.491 e. The number of rotatable bonds is 6. The molecule has 5 nitrogen and oxygen atoms in total. The number of para-hydroxylation sites is 2. The molecule has 1 saturated heterocycles. The highest BCUT2D eigenvalue weighted by Crippen LogP contribution is 2.26. The Balaban J connectivity index is 1.55. The van der Waals surface area contributed by atoms with Gasteiger partial charge in [0.15, 0.2) is 5.78 Å². The van der Waals surface area contributed by atoms with Crippen LogP contribution in [0.2, 0.25) is 0 Å². The van der Waals surface area contributed by atoms with Crippen LogP contribution in [0, 0.1) is 11.8 Å². The van der Waals surface area contributed by atoms with Crippen LogP contribution in [0.15, 0.2) is 54.6 Å². The molecule has 0 spiro atoms. The summed E-state index contributed by atoms with van der Waals surface area (Å²) in [6.45, 7) is 5.91. The number of amides is 2. The molecule has 0 atom stereocenters. The number of hydrogen-bond acceptors (Lipinski definition) is 3. The molecule has 0 aliphatic carbocycles. The Bertz CT molecular complexity index is 797. The Kier molecular flexibility index (Phi) is 6.69. The molecular weight excluding hydrogens is 352 g/mol. The number of nitrogens with zero attached hydrogens (tertiary/aromatic N) is 1. The monoisotopic (exact) mass is 380 g/mol. The lowest BCUT2D eigenvalue weighted by Gasteiger charge is -2.31. The zero-order chi connectivity index (χ0) is 19.9. The topological polar surface area (TPSA) is 58.6 Å². The smallest absolute Gasteiger partial charge is 0.321 e. The first-order valence-corrected chi connectivity index (χ1v) is 9.91. The van der Waals surface area contributed by atoms with Gasteiger partial charge in [0, 0.05) is 24.6 Å². The third-order valence-corrected chi connectivity index (χ3v) is 4.91. The number of piperidine rings is 1. The number of benzene rings is 2. The van der Waals surface area contributed by atoms with E-state index < -0.39 is 0 Å². The minimum atomic E-state index is -0.147. The van der Waals surface area contributed by atoms with Gasteiger partial charge in [-0.3, -0.25) is 4.79 Å². The van der Waals surface area contributed by atoms with Crippen molar-refractivity contribution in [2.24, 2.45) is 11.8 Å². The van der Waals surface area contributed by atoms with E-state index in [4.69, 9.17) is 4.74 Å². The van der Waals surface area contributed by atoms with E-state index >= 15 is 0 Å². The van der Waals surface area contributed by atoms with Crippen molar-refractivity contribution in [1.29, 1.82) is 0 Å². The van der Waals surface area contributed by atoms with Crippen LogP contribution in [-0.4, -0.2) is 36.4 Å². The molecule has 0 bridgehead atoms. The highest BCUT2D eigenvalue weighted by molar-refractivity contribution is 5.98. The van der Waals surface area contributed by atoms with Gasteiger partial charge >= 0.3 is 6.03 Å². The summed E-state index contributed by atoms with van der Waals surface area (Å²) >= 11 is 0. The summed E-state index contributed by atoms with van der Waals surface area (Å²) < 4.78 is 5.81. The summed E-state index contributed by atoms with van der Waals surface area (Å²) in [4.78, 5) is 27.1. The third kappa shape index (κ3) is 5.12. The van der Waals surface area contributed by atoms with E-state index in [9.17, 15) is 9.59 Å². The molecule has 148 valence electrons. The van der Waals surface area contributed by atoms with Crippen molar-refractivity contribution in [2.75, 3.05) is 25.0 Å². The van der Waals surface area contributed by atoms with Crippen molar-refractivity contribution in [3.63, 3.8) is 0 Å². The molecule has 1 N–H and O–H groups in total. The minimum absolute atomic E-state index is 0.0203. The molecule has 0 saturated carbocycles. The first-order valence-electron chi connectivity index (χ1n) is 9.91. The second kappa shape index (κ2) is 9.40. The minimum Gasteiger partial charge on any atom is -0.491 e. The van der Waals surface area contributed by atoms with Gasteiger partial charge in [-0.2, -0.15) is 0 Å². The van der Waals surface area contributed by atoms with Gasteiger partial charge in [-0.15, -0.1) is 0 Å². The van der Waals surface area contributed by atoms with Gasteiger partial charge in [-0.05, 0) is 30.9 Å². The van der Waals surface area contributed by atoms with Gasteiger partial charge < -0.3 is 15.0 Å². The summed E-state index contributed by atoms with van der Waals surface area (Å²) in [5.74, 6) is 1.24. The molecule has 0 unspecified atom stereocenters. The van der Waals surface area contributed by atoms with Crippen LogP contribution >= 0.6 is 0 Å². The molecule has 0 aromatic heterocycles. The van der Waals surface area contributed by atoms with Crippen molar-refractivity contribution in [3.05, 3.63) is 60.2 Å². The lowest BCUT2D eigenvalue weighted by atomic mass is 9.89. The van der Waals surface area contributed by atoms with Crippen LogP contribution in [0.25, 0.3) is 0 Å². The molecule has 2 aromatic carbocycles. The van der Waals surface area contributed by atoms with Crippen molar-refractivity contribution < 1.29 is 14.3 Å². The van der Waals surface area contributed by atoms with Crippen molar-refractivity contribution in [3.8, 4) is 5.75 Å². The van der Waals surface area contributed by atoms with Crippen LogP contribution in [0.5, 0.6) is 5.75 Å². The summed E-state index contributed by atoms with van der Waals surface area (Å²) in [6, 6.07) is 16.7. The second-order valence-electron chi connectivity index (χ2n) is 7.62. The van der Waals surface area contributed by atoms with E-state index in [0.717, 1.165) is 5.56 Å². The summed E-state index contributed by atoms with van der Waals surface area (Å²) in [5, 5.41) is 2.96. The van der Waals surface area contributed by atoms with E-state index in [1.165, 1.54) is 0 Å². The van der Waals surface area contributed by atoms with E-state index in [1.54, 1.807) is 4.90 Å². The van der Waals surface area contributed by atoms with E-state index in [-0.39, 0.29) is 17.7 Å². The molecule has 1 heterocycles. The summed E-state index contributed by atoms with van der Waals surface area (Å²) in [6.07, 6.45) is 1.37. The standard InChI is InChI=1S/C23H28N2O3/c1-17(2)16-28-21-11-7-6-10-20(21)24-23(27)25-14-12-19(13-15-25)22(26)18-8-4-3-5-9-18/h3-11,17,19H,12-16H2,1-2H3,(H,24,27). The van der Waals surface area contributed by atoms with Gasteiger partial charge in [0.25, 0.3) is 0 Å². The number of carbonyl (C=O) groups is 2. The van der Waals surface area contributed by atoms with E-state index in [2.05, 4.69) is 19.2 Å². The Morgan fingerprint density at radius 1 is 1.04 bits per heavy atom. The molecule has 0 radical (unpaired) electrons. The highest BCUT2D eigenvalue weighted by atomic mass is 16.5. The number of ketones is 1. The Morgan fingerprint density at radius 3 is 2.36 bits per heavy atom. The van der Waals surface area contributed by atoms with Crippen molar-refractivity contribution in [2.45, 2.75) is 26.7 Å². The maximum Gasteiger partial charge on any atom is 0.321 e. The Labute approximate surface area is 166 Å². The maximum absolute atomic E-state index is 12.7. The lowest BCUT2D eigenvalue weighted by molar-refractivity contribution is 0.0859. The third-order valence-electron chi connectivity index (χ3n) is 4.91. The number of nitrogens with one attached hydrogen (secondary N) is 1. The molecule has 3 rings (SSSR count). The first kappa shape index (κ1) is 19.9. The van der Waals surface area contributed by atoms with Crippen molar-refractivity contribution in [1.82, 2.24) is 4.90 Å². The quantitative estimate of drug-likeness (QED) is 0.729. The lowest BCUT2D eigenvalue weighted by Crippen LogP contribution is -2.42. The second-order valence-corrected chi connectivity index (χ2v) is 7.62. The number of likely N-dealkylation sites (tertiary alicyclic amines) is 1. The average Bonchev–Trinajstić information content (AvgIpc) is 2.73. The van der Waals surface area contributed by atoms with Gasteiger partial charge in [0.05, 0.1) is 12.3 Å². The predicted octanol–water partition coefficient (Wildman–Crippen LogP) is 4.85. The van der Waals surface area contributed by atoms with Crippen LogP contribution in [0.4, 0.5) is 10.5 Å². The highest BCUT2D eigenvalue weighted by Gasteiger charge is 2.28. The molecule has 5 heteroatoms. The molecule has 2 aromatic rings. The first-order chi connectivity index (χ1) is 13.5. The van der Waals surface area contributed by atoms with Crippen molar-refractivity contribution >= 4 is 17.5 Å². The van der Waals surface area contributed by atoms with Crippen LogP contribution in [-0.2, 0) is 0 Å². The fourth-order valence-electron chi connectivity index (χ4n) is 3.33. The number of Topliss-reactive ketones (excluding diaryl/α,β-unsaturated/α-hetero) is 1. The molecule has 1 aliphatic heterocycles. The molecule has 2 amide bonds. The summed E-state index contributed by atoms with van der Waals surface area (Å²) in [7, 11) is 0. The zero-order valence-corrected chi connectivity index (χ0v) is 16.6. The van der Waals surface area contributed by atoms with Gasteiger partial charge in [0.1, 0.15) is 5.75 Å². The van der Waals surface area contributed by atoms with Gasteiger partial charge in [-0.1, -0.05) is 56.3 Å². The maximum atomic E-state index is 12.7. The van der Waals surface area contributed by atoms with Crippen LogP contribution in [0.3, 0.4) is 0 Å². The summed E-state index contributed by atoms with van der Waals surface area (Å²) in [5.41, 5.74) is 1.43. The number of hydrogen-bond donors (Lipinski definition) is 1. The SMILES string of the molecule is CC(C)COc1ccccc1NC(=O)N1CCC(C(=O)c2ccccc2)CC1. The van der Waals surface area contributed by atoms with Gasteiger partial charge in [0.2, 0.25) is 0 Å². The molecular formula is C23H28N2O3. The Hall–Kier alpha value is -2.82. The average molecular weight is 380 g/mol. The fourth-order valence-corrected chi connectivity index (χ4v) is 3.33. The Morgan fingerprint density at radius 2 is 1.68 bits per heavy atom. The molecule has 28 heavy (non-hydrogen) atoms. The van der Waals surface area contributed by atoms with Crippen LogP contribution in [0.1, 0.15) is 37.0 Å². The number of anilines is 1. The number of carbonyl (C=O) groups excluding carboxylic acids is 2. The predicted molar refractivity (Wildman–Crippen MR) is 111 cm³/mol. The fraction of sp³-hybridized carbons (Fsp3) is 0.391. The van der Waals surface area contributed by atoms with E-state index in [1.807, 2.05) is 54.6 Å². The number of ether oxygens (including phenoxy) is 1. The van der Waals surface area contributed by atoms with E-state index in [0.29, 0.717) is 49.9 Å². The number of urea groups is 1. The zero-order valence-electron chi connectivity index (χ0n) is 16.6. The van der Waals surface area contributed by atoms with Gasteiger partial charge in [-0.25, -0.2) is 4.79 Å². The molecule has 1 fully saturated rings. The normalized spacial score (nSPS) is 14.8. The molecule has 1 aliphatic rings. The van der Waals surface area contributed by atoms with Crippen LogP contribution < -0.4 is 10.1 Å².